The molecule has 0 aromatic heterocycles. The molecule has 22 heavy (non-hydrogen) atoms. The van der Waals surface area contributed by atoms with E-state index in [1.807, 2.05) is 13.8 Å². The van der Waals surface area contributed by atoms with Gasteiger partial charge in [0, 0.05) is 0 Å². The summed E-state index contributed by atoms with van der Waals surface area (Å²) in [5.74, 6) is -1.92. The van der Waals surface area contributed by atoms with E-state index in [-0.39, 0.29) is 11.7 Å². The molecule has 122 valence electrons. The zero-order chi connectivity index (χ0) is 16.8. The molecule has 0 heterocycles. The highest BCUT2D eigenvalue weighted by atomic mass is 32.2. The van der Waals surface area contributed by atoms with Crippen molar-refractivity contribution in [2.45, 2.75) is 26.3 Å². The number of nitrogens with one attached hydrogen (secondary N) is 1. The van der Waals surface area contributed by atoms with E-state index in [1.165, 1.54) is 0 Å². The maximum atomic E-state index is 11.9. The Morgan fingerprint density at radius 3 is 2.27 bits per heavy atom. The first-order valence-corrected chi connectivity index (χ1v) is 8.87. The van der Waals surface area contributed by atoms with Crippen LogP contribution in [0.5, 0.6) is 0 Å². The van der Waals surface area contributed by atoms with E-state index in [0.29, 0.717) is 12.0 Å². The third kappa shape index (κ3) is 6.26. The second kappa shape index (κ2) is 7.93. The highest BCUT2D eigenvalue weighted by Crippen LogP contribution is 2.12. The van der Waals surface area contributed by atoms with Crippen LogP contribution in [0.25, 0.3) is 0 Å². The summed E-state index contributed by atoms with van der Waals surface area (Å²) in [5.41, 5.74) is 5.79. The smallest absolute Gasteiger partial charge is 0.244 e. The molecule has 1 aromatic rings. The van der Waals surface area contributed by atoms with E-state index in [0.717, 1.165) is 0 Å². The lowest BCUT2D eigenvalue weighted by Crippen LogP contribution is -2.40. The molecule has 1 unspecified atom stereocenters. The minimum absolute atomic E-state index is 0.0509. The largest absolute Gasteiger partial charge is 0.368 e. The molecular weight excluding hydrogens is 304 g/mol. The summed E-state index contributed by atoms with van der Waals surface area (Å²) in [4.78, 5) is 23.4. The average molecular weight is 326 g/mol. The molecular formula is C15H22N2O4S. The van der Waals surface area contributed by atoms with Crippen molar-refractivity contribution < 1.29 is 18.0 Å². The Labute approximate surface area is 131 Å². The van der Waals surface area contributed by atoms with Gasteiger partial charge in [0.25, 0.3) is 0 Å². The summed E-state index contributed by atoms with van der Waals surface area (Å²) in [6, 6.07) is 7.42. The summed E-state index contributed by atoms with van der Waals surface area (Å²) in [7, 11) is -3.49. The first-order valence-electron chi connectivity index (χ1n) is 7.05. The molecule has 6 nitrogen and oxygen atoms in total. The lowest BCUT2D eigenvalue weighted by Gasteiger charge is -2.16. The minimum atomic E-state index is -3.49. The van der Waals surface area contributed by atoms with Crippen LogP contribution in [-0.2, 0) is 19.4 Å². The summed E-state index contributed by atoms with van der Waals surface area (Å²) >= 11 is 0. The SMILES string of the molecule is CC(C)CCS(=O)(=O)CC(=O)NC(C(N)=O)c1ccccc1. The topological polar surface area (TPSA) is 106 Å². The molecule has 0 saturated heterocycles. The van der Waals surface area contributed by atoms with Crippen molar-refractivity contribution in [3.05, 3.63) is 35.9 Å². The first-order chi connectivity index (χ1) is 10.2. The number of carbonyl (C=O) groups excluding carboxylic acids is 2. The third-order valence-corrected chi connectivity index (χ3v) is 4.64. The Bertz CT molecular complexity index is 612. The fraction of sp³-hybridized carbons (Fsp3) is 0.467. The second-order valence-corrected chi connectivity index (χ2v) is 7.77. The van der Waals surface area contributed by atoms with Crippen molar-refractivity contribution in [3.8, 4) is 0 Å². The van der Waals surface area contributed by atoms with E-state index in [4.69, 9.17) is 5.73 Å². The van der Waals surface area contributed by atoms with Crippen LogP contribution in [0.15, 0.2) is 30.3 Å². The van der Waals surface area contributed by atoms with Crippen LogP contribution in [0.2, 0.25) is 0 Å². The Morgan fingerprint density at radius 1 is 1.18 bits per heavy atom. The van der Waals surface area contributed by atoms with E-state index in [9.17, 15) is 18.0 Å². The lowest BCUT2D eigenvalue weighted by atomic mass is 10.1. The Hall–Kier alpha value is -1.89. The van der Waals surface area contributed by atoms with Gasteiger partial charge in [0.2, 0.25) is 11.8 Å². The van der Waals surface area contributed by atoms with Gasteiger partial charge < -0.3 is 11.1 Å². The van der Waals surface area contributed by atoms with Crippen LogP contribution in [0.1, 0.15) is 31.9 Å². The third-order valence-electron chi connectivity index (χ3n) is 3.08. The Morgan fingerprint density at radius 2 is 1.77 bits per heavy atom. The standard InChI is InChI=1S/C15H22N2O4S/c1-11(2)8-9-22(20,21)10-13(18)17-14(15(16)19)12-6-4-3-5-7-12/h3-7,11,14H,8-10H2,1-2H3,(H2,16,19)(H,17,18). The van der Waals surface area contributed by atoms with Gasteiger partial charge in [-0.2, -0.15) is 0 Å². The highest BCUT2D eigenvalue weighted by Gasteiger charge is 2.23. The van der Waals surface area contributed by atoms with Crippen molar-refractivity contribution in [1.82, 2.24) is 5.32 Å². The number of rotatable bonds is 8. The fourth-order valence-corrected chi connectivity index (χ4v) is 3.31. The first kappa shape index (κ1) is 18.2. The van der Waals surface area contributed by atoms with Gasteiger partial charge in [0.05, 0.1) is 5.75 Å². The number of carbonyl (C=O) groups is 2. The van der Waals surface area contributed by atoms with Gasteiger partial charge in [-0.05, 0) is 17.9 Å². The van der Waals surface area contributed by atoms with Crippen LogP contribution in [0, 0.1) is 5.92 Å². The molecule has 0 aliphatic heterocycles. The summed E-state index contributed by atoms with van der Waals surface area (Å²) in [6.45, 7) is 3.82. The Balaban J connectivity index is 2.71. The molecule has 0 bridgehead atoms. The van der Waals surface area contributed by atoms with E-state index in [1.54, 1.807) is 30.3 Å². The number of hydrogen-bond acceptors (Lipinski definition) is 4. The van der Waals surface area contributed by atoms with Gasteiger partial charge >= 0.3 is 0 Å². The molecule has 0 aliphatic rings. The van der Waals surface area contributed by atoms with Gasteiger partial charge in [-0.25, -0.2) is 8.42 Å². The van der Waals surface area contributed by atoms with Crippen LogP contribution < -0.4 is 11.1 Å². The number of benzene rings is 1. The van der Waals surface area contributed by atoms with Gasteiger partial charge in [0.1, 0.15) is 11.8 Å². The summed E-state index contributed by atoms with van der Waals surface area (Å²) in [6.07, 6.45) is 0.494. The molecule has 1 rings (SSSR count). The molecule has 1 aromatic carbocycles. The zero-order valence-electron chi connectivity index (χ0n) is 12.8. The number of hydrogen-bond donors (Lipinski definition) is 2. The number of nitrogens with two attached hydrogens (primary N) is 1. The average Bonchev–Trinajstić information content (AvgIpc) is 2.43. The predicted octanol–water partition coefficient (Wildman–Crippen LogP) is 0.790. The molecule has 0 spiro atoms. The maximum Gasteiger partial charge on any atom is 0.244 e. The van der Waals surface area contributed by atoms with Gasteiger partial charge in [0.15, 0.2) is 9.84 Å². The number of amides is 2. The van der Waals surface area contributed by atoms with Crippen molar-refractivity contribution >= 4 is 21.7 Å². The van der Waals surface area contributed by atoms with Crippen LogP contribution in [0.3, 0.4) is 0 Å². The summed E-state index contributed by atoms with van der Waals surface area (Å²) < 4.78 is 23.7. The van der Waals surface area contributed by atoms with Crippen LogP contribution in [0.4, 0.5) is 0 Å². The predicted molar refractivity (Wildman–Crippen MR) is 84.6 cm³/mol. The molecule has 3 N–H and O–H groups in total. The molecule has 0 radical (unpaired) electrons. The molecule has 2 amide bonds. The van der Waals surface area contributed by atoms with E-state index in [2.05, 4.69) is 5.32 Å². The lowest BCUT2D eigenvalue weighted by molar-refractivity contribution is -0.126. The number of sulfone groups is 1. The zero-order valence-corrected chi connectivity index (χ0v) is 13.6. The quantitative estimate of drug-likeness (QED) is 0.736. The van der Waals surface area contributed by atoms with Crippen LogP contribution >= 0.6 is 0 Å². The van der Waals surface area contributed by atoms with Gasteiger partial charge in [-0.15, -0.1) is 0 Å². The monoisotopic (exact) mass is 326 g/mol. The maximum absolute atomic E-state index is 11.9. The highest BCUT2D eigenvalue weighted by molar-refractivity contribution is 7.92. The number of primary amides is 1. The van der Waals surface area contributed by atoms with Crippen LogP contribution in [-0.4, -0.2) is 31.7 Å². The van der Waals surface area contributed by atoms with Crippen molar-refractivity contribution in [2.75, 3.05) is 11.5 Å². The van der Waals surface area contributed by atoms with E-state index >= 15 is 0 Å². The summed E-state index contributed by atoms with van der Waals surface area (Å²) in [5, 5.41) is 2.38. The van der Waals surface area contributed by atoms with Crippen molar-refractivity contribution in [3.63, 3.8) is 0 Å². The normalized spacial score (nSPS) is 12.9. The van der Waals surface area contributed by atoms with Gasteiger partial charge in [-0.3, -0.25) is 9.59 Å². The molecule has 7 heteroatoms. The molecule has 0 aliphatic carbocycles. The minimum Gasteiger partial charge on any atom is -0.368 e. The van der Waals surface area contributed by atoms with Gasteiger partial charge in [-0.1, -0.05) is 44.2 Å². The molecule has 0 saturated carbocycles. The van der Waals surface area contributed by atoms with Crippen molar-refractivity contribution in [1.29, 1.82) is 0 Å². The fourth-order valence-electron chi connectivity index (χ4n) is 1.85. The molecule has 0 fully saturated rings. The van der Waals surface area contributed by atoms with Crippen molar-refractivity contribution in [2.24, 2.45) is 11.7 Å². The second-order valence-electron chi connectivity index (χ2n) is 5.59. The molecule has 1 atom stereocenters. The van der Waals surface area contributed by atoms with E-state index < -0.39 is 33.4 Å². The Kier molecular flexibility index (Phi) is 6.55.